The summed E-state index contributed by atoms with van der Waals surface area (Å²) in [5.41, 5.74) is 1.24. The molecule has 1 fully saturated rings. The topological polar surface area (TPSA) is 39.1 Å². The van der Waals surface area contributed by atoms with Crippen molar-refractivity contribution in [2.75, 3.05) is 19.8 Å². The Morgan fingerprint density at radius 2 is 2.56 bits per heavy atom. The zero-order valence-corrected chi connectivity index (χ0v) is 10.1. The molecule has 0 saturated carbocycles. The lowest BCUT2D eigenvalue weighted by Gasteiger charge is -2.15. The van der Waals surface area contributed by atoms with E-state index in [1.165, 1.54) is 18.5 Å². The van der Waals surface area contributed by atoms with Crippen LogP contribution in [0.3, 0.4) is 0 Å². The van der Waals surface area contributed by atoms with E-state index in [0.29, 0.717) is 6.04 Å². The number of nitrogens with one attached hydrogen (secondary N) is 1. The van der Waals surface area contributed by atoms with Crippen LogP contribution >= 0.6 is 0 Å². The van der Waals surface area contributed by atoms with Crippen molar-refractivity contribution < 1.29 is 4.74 Å². The van der Waals surface area contributed by atoms with Gasteiger partial charge in [0.25, 0.3) is 0 Å². The number of aromatic nitrogens is 2. The van der Waals surface area contributed by atoms with Gasteiger partial charge in [-0.3, -0.25) is 4.68 Å². The van der Waals surface area contributed by atoms with Gasteiger partial charge in [-0.1, -0.05) is 0 Å². The summed E-state index contributed by atoms with van der Waals surface area (Å²) in [4.78, 5) is 0. The lowest BCUT2D eigenvalue weighted by atomic mass is 10.1. The third-order valence-electron chi connectivity index (χ3n) is 3.33. The summed E-state index contributed by atoms with van der Waals surface area (Å²) in [5, 5.41) is 7.72. The summed E-state index contributed by atoms with van der Waals surface area (Å²) in [5.74, 6) is 0.756. The van der Waals surface area contributed by atoms with Crippen LogP contribution in [0.4, 0.5) is 0 Å². The fourth-order valence-electron chi connectivity index (χ4n) is 2.23. The Morgan fingerprint density at radius 3 is 3.19 bits per heavy atom. The number of nitrogens with zero attached hydrogens (tertiary/aromatic N) is 2. The number of ether oxygens (including phenoxy) is 1. The molecule has 0 aromatic carbocycles. The highest BCUT2D eigenvalue weighted by Crippen LogP contribution is 2.16. The molecule has 1 aromatic heterocycles. The summed E-state index contributed by atoms with van der Waals surface area (Å²) < 4.78 is 7.29. The molecule has 0 spiro atoms. The number of hydrogen-bond acceptors (Lipinski definition) is 3. The van der Waals surface area contributed by atoms with Crippen LogP contribution in [0.1, 0.15) is 31.5 Å². The maximum absolute atomic E-state index is 5.36. The molecule has 1 aliphatic heterocycles. The van der Waals surface area contributed by atoms with E-state index in [0.717, 1.165) is 25.7 Å². The molecule has 2 heterocycles. The highest BCUT2D eigenvalue weighted by Gasteiger charge is 2.15. The minimum atomic E-state index is 0.370. The molecule has 1 aliphatic rings. The molecule has 4 heteroatoms. The van der Waals surface area contributed by atoms with Gasteiger partial charge in [-0.05, 0) is 38.3 Å². The minimum Gasteiger partial charge on any atom is -0.381 e. The van der Waals surface area contributed by atoms with Gasteiger partial charge in [0.15, 0.2) is 0 Å². The van der Waals surface area contributed by atoms with Crippen molar-refractivity contribution in [2.45, 2.75) is 25.8 Å². The van der Waals surface area contributed by atoms with E-state index < -0.39 is 0 Å². The van der Waals surface area contributed by atoms with E-state index >= 15 is 0 Å². The first-order valence-electron chi connectivity index (χ1n) is 6.06. The Hall–Kier alpha value is -0.870. The Morgan fingerprint density at radius 1 is 1.69 bits per heavy atom. The first kappa shape index (κ1) is 11.6. The van der Waals surface area contributed by atoms with E-state index in [4.69, 9.17) is 4.74 Å². The minimum absolute atomic E-state index is 0.370. The van der Waals surface area contributed by atoms with Gasteiger partial charge in [0.05, 0.1) is 5.69 Å². The molecule has 16 heavy (non-hydrogen) atoms. The summed E-state index contributed by atoms with van der Waals surface area (Å²) >= 11 is 0. The van der Waals surface area contributed by atoms with Gasteiger partial charge in [0, 0.05) is 32.5 Å². The summed E-state index contributed by atoms with van der Waals surface area (Å²) in [6, 6.07) is 2.44. The molecule has 1 saturated heterocycles. The van der Waals surface area contributed by atoms with Crippen LogP contribution in [0.2, 0.25) is 0 Å². The number of aryl methyl sites for hydroxylation is 1. The molecule has 1 aromatic rings. The standard InChI is InChI=1S/C12H21N3O/c1-10(12-4-7-14-15(12)2)13-6-3-11-5-8-16-9-11/h4,7,10-11,13H,3,5-6,8-9H2,1-2H3. The van der Waals surface area contributed by atoms with Crippen molar-refractivity contribution in [3.63, 3.8) is 0 Å². The number of rotatable bonds is 5. The van der Waals surface area contributed by atoms with Gasteiger partial charge in [-0.15, -0.1) is 0 Å². The zero-order valence-electron chi connectivity index (χ0n) is 10.1. The van der Waals surface area contributed by atoms with E-state index in [1.807, 2.05) is 17.9 Å². The van der Waals surface area contributed by atoms with Gasteiger partial charge >= 0.3 is 0 Å². The van der Waals surface area contributed by atoms with E-state index in [1.54, 1.807) is 0 Å². The average molecular weight is 223 g/mol. The first-order valence-corrected chi connectivity index (χ1v) is 6.06. The lowest BCUT2D eigenvalue weighted by molar-refractivity contribution is 0.184. The van der Waals surface area contributed by atoms with E-state index in [-0.39, 0.29) is 0 Å². The fraction of sp³-hybridized carbons (Fsp3) is 0.750. The van der Waals surface area contributed by atoms with Crippen LogP contribution < -0.4 is 5.32 Å². The maximum atomic E-state index is 5.36. The van der Waals surface area contributed by atoms with E-state index in [2.05, 4.69) is 23.4 Å². The lowest BCUT2D eigenvalue weighted by Crippen LogP contribution is -2.23. The number of hydrogen-bond donors (Lipinski definition) is 1. The molecular formula is C12H21N3O. The van der Waals surface area contributed by atoms with Crippen molar-refractivity contribution in [1.29, 1.82) is 0 Å². The Bertz CT molecular complexity index is 318. The molecule has 90 valence electrons. The highest BCUT2D eigenvalue weighted by molar-refractivity contribution is 5.05. The largest absolute Gasteiger partial charge is 0.381 e. The summed E-state index contributed by atoms with van der Waals surface area (Å²) in [7, 11) is 1.98. The molecule has 4 nitrogen and oxygen atoms in total. The monoisotopic (exact) mass is 223 g/mol. The van der Waals surface area contributed by atoms with Crippen LogP contribution in [-0.2, 0) is 11.8 Å². The van der Waals surface area contributed by atoms with Gasteiger partial charge in [0.2, 0.25) is 0 Å². The van der Waals surface area contributed by atoms with Crippen molar-refractivity contribution in [1.82, 2.24) is 15.1 Å². The zero-order chi connectivity index (χ0) is 11.4. The quantitative estimate of drug-likeness (QED) is 0.822. The second-order valence-electron chi connectivity index (χ2n) is 4.57. The van der Waals surface area contributed by atoms with Crippen LogP contribution in [0.25, 0.3) is 0 Å². The Balaban J connectivity index is 1.71. The van der Waals surface area contributed by atoms with E-state index in [9.17, 15) is 0 Å². The summed E-state index contributed by atoms with van der Waals surface area (Å²) in [6.07, 6.45) is 4.28. The normalized spacial score (nSPS) is 22.5. The average Bonchev–Trinajstić information content (AvgIpc) is 2.88. The third-order valence-corrected chi connectivity index (χ3v) is 3.33. The molecule has 0 aliphatic carbocycles. The van der Waals surface area contributed by atoms with Crippen LogP contribution in [0.15, 0.2) is 12.3 Å². The molecule has 2 unspecified atom stereocenters. The van der Waals surface area contributed by atoms with Crippen LogP contribution in [-0.4, -0.2) is 29.5 Å². The first-order chi connectivity index (χ1) is 7.77. The molecule has 0 radical (unpaired) electrons. The molecule has 0 amide bonds. The molecule has 1 N–H and O–H groups in total. The molecular weight excluding hydrogens is 202 g/mol. The fourth-order valence-corrected chi connectivity index (χ4v) is 2.23. The molecule has 0 bridgehead atoms. The van der Waals surface area contributed by atoms with Crippen molar-refractivity contribution in [3.05, 3.63) is 18.0 Å². The Kier molecular flexibility index (Phi) is 3.96. The van der Waals surface area contributed by atoms with Crippen LogP contribution in [0, 0.1) is 5.92 Å². The van der Waals surface area contributed by atoms with Gasteiger partial charge < -0.3 is 10.1 Å². The van der Waals surface area contributed by atoms with Crippen LogP contribution in [0.5, 0.6) is 0 Å². The Labute approximate surface area is 97.0 Å². The van der Waals surface area contributed by atoms with Crippen molar-refractivity contribution in [3.8, 4) is 0 Å². The second kappa shape index (κ2) is 5.46. The van der Waals surface area contributed by atoms with Gasteiger partial charge in [-0.2, -0.15) is 5.10 Å². The predicted octanol–water partition coefficient (Wildman–Crippen LogP) is 1.50. The molecule has 2 rings (SSSR count). The highest BCUT2D eigenvalue weighted by atomic mass is 16.5. The maximum Gasteiger partial charge on any atom is 0.0547 e. The van der Waals surface area contributed by atoms with Crippen molar-refractivity contribution >= 4 is 0 Å². The third kappa shape index (κ3) is 2.83. The summed E-state index contributed by atoms with van der Waals surface area (Å²) in [6.45, 7) is 5.13. The smallest absolute Gasteiger partial charge is 0.0547 e. The predicted molar refractivity (Wildman–Crippen MR) is 63.2 cm³/mol. The van der Waals surface area contributed by atoms with Gasteiger partial charge in [-0.25, -0.2) is 0 Å². The SMILES string of the molecule is CC(NCCC1CCOC1)c1ccnn1C. The van der Waals surface area contributed by atoms with Gasteiger partial charge in [0.1, 0.15) is 0 Å². The molecule has 2 atom stereocenters. The van der Waals surface area contributed by atoms with Crippen molar-refractivity contribution in [2.24, 2.45) is 13.0 Å². The second-order valence-corrected chi connectivity index (χ2v) is 4.57.